The molecule has 4 nitrogen and oxygen atoms in total. The average Bonchev–Trinajstić information content (AvgIpc) is 2.70. The molecule has 0 aliphatic heterocycles. The lowest BCUT2D eigenvalue weighted by Crippen LogP contribution is -2.24. The molecule has 3 aromatic rings. The zero-order chi connectivity index (χ0) is 19.8. The molecular formula is C23H23N3OS. The predicted octanol–water partition coefficient (Wildman–Crippen LogP) is 5.20. The Labute approximate surface area is 171 Å². The molecule has 0 spiro atoms. The molecule has 0 saturated heterocycles. The lowest BCUT2D eigenvalue weighted by atomic mass is 10.1. The second-order valence-electron chi connectivity index (χ2n) is 6.44. The Bertz CT molecular complexity index is 950. The number of nitrogens with zero attached hydrogens (tertiary/aromatic N) is 1. The van der Waals surface area contributed by atoms with E-state index in [9.17, 15) is 0 Å². The van der Waals surface area contributed by atoms with Crippen LogP contribution in [0.1, 0.15) is 22.3 Å². The number of nitrogens with one attached hydrogen (secondary N) is 2. The second kappa shape index (κ2) is 9.67. The molecule has 0 saturated carbocycles. The summed E-state index contributed by atoms with van der Waals surface area (Å²) in [5, 5.41) is 7.87. The zero-order valence-electron chi connectivity index (χ0n) is 16.0. The molecular weight excluding hydrogens is 366 g/mol. The van der Waals surface area contributed by atoms with E-state index in [0.717, 1.165) is 33.7 Å². The first-order valence-corrected chi connectivity index (χ1v) is 9.46. The van der Waals surface area contributed by atoms with Crippen molar-refractivity contribution < 1.29 is 4.74 Å². The lowest BCUT2D eigenvalue weighted by molar-refractivity contribution is 0.306. The predicted molar refractivity (Wildman–Crippen MR) is 120 cm³/mol. The number of rotatable bonds is 6. The van der Waals surface area contributed by atoms with Crippen LogP contribution in [-0.4, -0.2) is 11.3 Å². The topological polar surface area (TPSA) is 45.7 Å². The van der Waals surface area contributed by atoms with Crippen molar-refractivity contribution in [1.82, 2.24) is 5.43 Å². The summed E-state index contributed by atoms with van der Waals surface area (Å²) in [4.78, 5) is 0. The van der Waals surface area contributed by atoms with Crippen molar-refractivity contribution in [1.29, 1.82) is 0 Å². The third-order valence-corrected chi connectivity index (χ3v) is 4.40. The van der Waals surface area contributed by atoms with Crippen molar-refractivity contribution in [2.45, 2.75) is 20.5 Å². The molecule has 0 aromatic heterocycles. The molecule has 0 aliphatic carbocycles. The van der Waals surface area contributed by atoms with E-state index in [1.165, 1.54) is 0 Å². The quantitative estimate of drug-likeness (QED) is 0.345. The van der Waals surface area contributed by atoms with E-state index < -0.39 is 0 Å². The van der Waals surface area contributed by atoms with Gasteiger partial charge in [-0.1, -0.05) is 60.7 Å². The number of hydrazone groups is 1. The summed E-state index contributed by atoms with van der Waals surface area (Å²) in [6.07, 6.45) is 1.72. The smallest absolute Gasteiger partial charge is 0.191 e. The first-order chi connectivity index (χ1) is 13.6. The number of anilines is 1. The molecule has 3 aromatic carbocycles. The van der Waals surface area contributed by atoms with E-state index >= 15 is 0 Å². The van der Waals surface area contributed by atoms with Gasteiger partial charge in [-0.05, 0) is 60.5 Å². The minimum absolute atomic E-state index is 0.449. The van der Waals surface area contributed by atoms with Crippen molar-refractivity contribution >= 4 is 29.2 Å². The molecule has 0 unspecified atom stereocenters. The van der Waals surface area contributed by atoms with Crippen LogP contribution in [-0.2, 0) is 6.61 Å². The molecule has 0 amide bonds. The summed E-state index contributed by atoms with van der Waals surface area (Å²) in [6, 6.07) is 24.0. The van der Waals surface area contributed by atoms with Crippen LogP contribution in [0.4, 0.5) is 5.69 Å². The van der Waals surface area contributed by atoms with Crippen LogP contribution in [0.2, 0.25) is 0 Å². The summed E-state index contributed by atoms with van der Waals surface area (Å²) in [6.45, 7) is 4.62. The summed E-state index contributed by atoms with van der Waals surface area (Å²) in [5.41, 5.74) is 8.19. The third-order valence-electron chi connectivity index (χ3n) is 4.21. The van der Waals surface area contributed by atoms with Crippen LogP contribution in [0.5, 0.6) is 5.75 Å². The monoisotopic (exact) mass is 389 g/mol. The summed E-state index contributed by atoms with van der Waals surface area (Å²) >= 11 is 5.33. The maximum atomic E-state index is 5.85. The highest BCUT2D eigenvalue weighted by Crippen LogP contribution is 2.19. The Morgan fingerprint density at radius 1 is 0.964 bits per heavy atom. The number of aryl methyl sites for hydroxylation is 2. The van der Waals surface area contributed by atoms with Crippen molar-refractivity contribution in [3.63, 3.8) is 0 Å². The third kappa shape index (κ3) is 5.66. The fourth-order valence-electron chi connectivity index (χ4n) is 2.74. The molecule has 3 rings (SSSR count). The Morgan fingerprint density at radius 3 is 2.43 bits per heavy atom. The number of hydrogen-bond donors (Lipinski definition) is 2. The van der Waals surface area contributed by atoms with E-state index in [0.29, 0.717) is 11.7 Å². The van der Waals surface area contributed by atoms with Crippen molar-refractivity contribution in [3.05, 3.63) is 95.1 Å². The van der Waals surface area contributed by atoms with Crippen LogP contribution >= 0.6 is 12.2 Å². The highest BCUT2D eigenvalue weighted by molar-refractivity contribution is 7.80. The summed E-state index contributed by atoms with van der Waals surface area (Å²) in [7, 11) is 0. The van der Waals surface area contributed by atoms with Crippen LogP contribution < -0.4 is 15.5 Å². The fourth-order valence-corrected chi connectivity index (χ4v) is 2.90. The lowest BCUT2D eigenvalue weighted by Gasteiger charge is -2.12. The largest absolute Gasteiger partial charge is 0.489 e. The highest BCUT2D eigenvalue weighted by atomic mass is 32.1. The highest BCUT2D eigenvalue weighted by Gasteiger charge is 2.03. The minimum Gasteiger partial charge on any atom is -0.489 e. The maximum absolute atomic E-state index is 5.85. The zero-order valence-corrected chi connectivity index (χ0v) is 16.8. The van der Waals surface area contributed by atoms with Crippen molar-refractivity contribution in [2.75, 3.05) is 5.32 Å². The minimum atomic E-state index is 0.449. The number of ether oxygens (including phenoxy) is 1. The Kier molecular flexibility index (Phi) is 6.76. The van der Waals surface area contributed by atoms with E-state index in [4.69, 9.17) is 17.0 Å². The van der Waals surface area contributed by atoms with Gasteiger partial charge in [-0.2, -0.15) is 5.10 Å². The Hall–Kier alpha value is -3.18. The van der Waals surface area contributed by atoms with Gasteiger partial charge in [0.1, 0.15) is 12.4 Å². The normalized spacial score (nSPS) is 10.6. The van der Waals surface area contributed by atoms with Crippen molar-refractivity contribution in [3.8, 4) is 5.75 Å². The SMILES string of the molecule is Cc1cccc(C)c1NC(=S)N/N=C\c1cccc(OCc2ccccc2)c1. The number of benzene rings is 3. The molecule has 0 heterocycles. The molecule has 0 aliphatic rings. The van der Waals surface area contributed by atoms with E-state index in [1.54, 1.807) is 6.21 Å². The molecule has 142 valence electrons. The first-order valence-electron chi connectivity index (χ1n) is 9.05. The van der Waals surface area contributed by atoms with Crippen LogP contribution in [0, 0.1) is 13.8 Å². The van der Waals surface area contributed by atoms with Gasteiger partial charge in [-0.3, -0.25) is 5.43 Å². The summed E-state index contributed by atoms with van der Waals surface area (Å²) < 4.78 is 5.85. The maximum Gasteiger partial charge on any atom is 0.191 e. The van der Waals surface area contributed by atoms with Crippen LogP contribution in [0.25, 0.3) is 0 Å². The van der Waals surface area contributed by atoms with E-state index in [-0.39, 0.29) is 0 Å². The molecule has 2 N–H and O–H groups in total. The second-order valence-corrected chi connectivity index (χ2v) is 6.85. The first kappa shape index (κ1) is 19.6. The number of para-hydroxylation sites is 1. The van der Waals surface area contributed by atoms with Gasteiger partial charge in [0.2, 0.25) is 0 Å². The fraction of sp³-hybridized carbons (Fsp3) is 0.130. The van der Waals surface area contributed by atoms with Gasteiger partial charge in [0, 0.05) is 5.69 Å². The molecule has 28 heavy (non-hydrogen) atoms. The van der Waals surface area contributed by atoms with Gasteiger partial charge in [-0.15, -0.1) is 0 Å². The number of thiocarbonyl (C=S) groups is 1. The van der Waals surface area contributed by atoms with Gasteiger partial charge in [-0.25, -0.2) is 0 Å². The summed E-state index contributed by atoms with van der Waals surface area (Å²) in [5.74, 6) is 0.795. The van der Waals surface area contributed by atoms with Gasteiger partial charge >= 0.3 is 0 Å². The van der Waals surface area contributed by atoms with E-state index in [1.807, 2.05) is 86.6 Å². The molecule has 0 radical (unpaired) electrons. The van der Waals surface area contributed by atoms with Gasteiger partial charge in [0.25, 0.3) is 0 Å². The molecule has 0 atom stereocenters. The van der Waals surface area contributed by atoms with Gasteiger partial charge < -0.3 is 10.1 Å². The number of hydrogen-bond acceptors (Lipinski definition) is 3. The van der Waals surface area contributed by atoms with Gasteiger partial charge in [0.05, 0.1) is 6.21 Å². The van der Waals surface area contributed by atoms with Crippen LogP contribution in [0.15, 0.2) is 77.9 Å². The van der Waals surface area contributed by atoms with Gasteiger partial charge in [0.15, 0.2) is 5.11 Å². The molecule has 5 heteroatoms. The Balaban J connectivity index is 1.55. The molecule has 0 bridgehead atoms. The average molecular weight is 390 g/mol. The Morgan fingerprint density at radius 2 is 1.68 bits per heavy atom. The van der Waals surface area contributed by atoms with Crippen LogP contribution in [0.3, 0.4) is 0 Å². The molecule has 0 fully saturated rings. The standard InChI is InChI=1S/C23H23N3OS/c1-17-8-6-9-18(2)22(17)25-23(28)26-24-15-20-12-7-13-21(14-20)27-16-19-10-4-3-5-11-19/h3-15H,16H2,1-2H3,(H2,25,26,28)/b24-15-. The van der Waals surface area contributed by atoms with E-state index in [2.05, 4.69) is 15.8 Å². The van der Waals surface area contributed by atoms with Crippen molar-refractivity contribution in [2.24, 2.45) is 5.10 Å².